The lowest BCUT2D eigenvalue weighted by Gasteiger charge is -2.17. The average Bonchev–Trinajstić information content (AvgIpc) is 2.43. The maximum atomic E-state index is 12.3. The second-order valence-electron chi connectivity index (χ2n) is 4.68. The van der Waals surface area contributed by atoms with Crippen LogP contribution in [0.25, 0.3) is 0 Å². The van der Waals surface area contributed by atoms with Crippen molar-refractivity contribution in [1.82, 2.24) is 9.71 Å². The van der Waals surface area contributed by atoms with Crippen LogP contribution in [0.4, 0.5) is 13.2 Å². The summed E-state index contributed by atoms with van der Waals surface area (Å²) in [6.07, 6.45) is -4.18. The van der Waals surface area contributed by atoms with Gasteiger partial charge in [-0.25, -0.2) is 13.1 Å². The molecule has 21 heavy (non-hydrogen) atoms. The summed E-state index contributed by atoms with van der Waals surface area (Å²) >= 11 is 0. The predicted molar refractivity (Wildman–Crippen MR) is 69.9 cm³/mol. The fourth-order valence-electron chi connectivity index (χ4n) is 1.46. The number of aliphatic hydroxyl groups is 1. The van der Waals surface area contributed by atoms with Gasteiger partial charge in [0.25, 0.3) is 0 Å². The molecule has 5 nitrogen and oxygen atoms in total. The van der Waals surface area contributed by atoms with Gasteiger partial charge in [0, 0.05) is 12.7 Å². The zero-order valence-electron chi connectivity index (χ0n) is 11.6. The monoisotopic (exact) mass is 326 g/mol. The molecular weight excluding hydrogens is 309 g/mol. The highest BCUT2D eigenvalue weighted by Gasteiger charge is 2.32. The van der Waals surface area contributed by atoms with Gasteiger partial charge in [-0.3, -0.25) is 4.98 Å². The number of hydrogen-bond donors (Lipinski definition) is 2. The molecule has 1 heterocycles. The van der Waals surface area contributed by atoms with Crippen molar-refractivity contribution in [3.63, 3.8) is 0 Å². The van der Waals surface area contributed by atoms with Gasteiger partial charge < -0.3 is 5.11 Å². The van der Waals surface area contributed by atoms with Gasteiger partial charge in [-0.05, 0) is 18.1 Å². The molecule has 0 radical (unpaired) electrons. The van der Waals surface area contributed by atoms with Gasteiger partial charge in [0.2, 0.25) is 10.0 Å². The summed E-state index contributed by atoms with van der Waals surface area (Å²) in [4.78, 5) is 2.71. The van der Waals surface area contributed by atoms with Crippen LogP contribution in [-0.4, -0.2) is 31.2 Å². The molecule has 0 saturated heterocycles. The zero-order valence-corrected chi connectivity index (χ0v) is 12.4. The smallest absolute Gasteiger partial charge is 0.391 e. The topological polar surface area (TPSA) is 79.3 Å². The van der Waals surface area contributed by atoms with Crippen LogP contribution in [0.15, 0.2) is 23.2 Å². The van der Waals surface area contributed by atoms with E-state index in [4.69, 9.17) is 0 Å². The molecule has 2 N–H and O–H groups in total. The van der Waals surface area contributed by atoms with Crippen LogP contribution in [0.3, 0.4) is 0 Å². The summed E-state index contributed by atoms with van der Waals surface area (Å²) in [5.74, 6) is -0.0987. The normalized spacial score (nSPS) is 15.7. The quantitative estimate of drug-likeness (QED) is 0.835. The van der Waals surface area contributed by atoms with Crippen LogP contribution in [0, 0.1) is 5.92 Å². The van der Waals surface area contributed by atoms with Crippen molar-refractivity contribution < 1.29 is 26.7 Å². The number of alkyl halides is 3. The standard InChI is InChI=1S/C12H17F3N2O3S/c1-3-8(2)10(18)7-17-21(19,20)9-4-5-11(16-6-9)12(13,14)15/h4-6,8,10,17-18H,3,7H2,1-2H3/t8-,10-/m0/s1. The first-order valence-corrected chi connectivity index (χ1v) is 7.77. The van der Waals surface area contributed by atoms with E-state index in [1.54, 1.807) is 6.92 Å². The van der Waals surface area contributed by atoms with Crippen LogP contribution in [0.1, 0.15) is 26.0 Å². The van der Waals surface area contributed by atoms with Crippen molar-refractivity contribution in [2.24, 2.45) is 5.92 Å². The van der Waals surface area contributed by atoms with Gasteiger partial charge in [0.1, 0.15) is 10.6 Å². The van der Waals surface area contributed by atoms with E-state index in [1.165, 1.54) is 0 Å². The summed E-state index contributed by atoms with van der Waals surface area (Å²) < 4.78 is 62.9. The third-order valence-corrected chi connectivity index (χ3v) is 4.53. The summed E-state index contributed by atoms with van der Waals surface area (Å²) in [6, 6.07) is 1.42. The summed E-state index contributed by atoms with van der Waals surface area (Å²) in [5, 5.41) is 9.69. The van der Waals surface area contributed by atoms with E-state index < -0.39 is 28.0 Å². The predicted octanol–water partition coefficient (Wildman–Crippen LogP) is 1.79. The second-order valence-corrected chi connectivity index (χ2v) is 6.45. The molecule has 0 aliphatic rings. The zero-order chi connectivity index (χ0) is 16.3. The Bertz CT molecular complexity index is 558. The molecule has 1 aromatic rings. The third-order valence-electron chi connectivity index (χ3n) is 3.12. The summed E-state index contributed by atoms with van der Waals surface area (Å²) in [6.45, 7) is 3.40. The second kappa shape index (κ2) is 6.71. The number of nitrogens with one attached hydrogen (secondary N) is 1. The number of halogens is 3. The van der Waals surface area contributed by atoms with Gasteiger partial charge in [-0.15, -0.1) is 0 Å². The average molecular weight is 326 g/mol. The van der Waals surface area contributed by atoms with E-state index >= 15 is 0 Å². The first kappa shape index (κ1) is 17.9. The molecule has 0 saturated carbocycles. The fourth-order valence-corrected chi connectivity index (χ4v) is 2.45. The Labute approximate surface area is 121 Å². The molecular formula is C12H17F3N2O3S. The highest BCUT2D eigenvalue weighted by molar-refractivity contribution is 7.89. The Morgan fingerprint density at radius 1 is 1.38 bits per heavy atom. The van der Waals surface area contributed by atoms with Crippen LogP contribution >= 0.6 is 0 Å². The number of hydrogen-bond acceptors (Lipinski definition) is 4. The molecule has 0 unspecified atom stereocenters. The van der Waals surface area contributed by atoms with Gasteiger partial charge in [-0.2, -0.15) is 13.2 Å². The molecule has 1 rings (SSSR count). The van der Waals surface area contributed by atoms with Crippen LogP contribution in [-0.2, 0) is 16.2 Å². The number of sulfonamides is 1. The van der Waals surface area contributed by atoms with Crippen molar-refractivity contribution >= 4 is 10.0 Å². The van der Waals surface area contributed by atoms with Crippen molar-refractivity contribution in [2.75, 3.05) is 6.54 Å². The molecule has 9 heteroatoms. The van der Waals surface area contributed by atoms with Gasteiger partial charge >= 0.3 is 6.18 Å². The van der Waals surface area contributed by atoms with Gasteiger partial charge in [0.15, 0.2) is 0 Å². The molecule has 0 aromatic carbocycles. The number of aliphatic hydroxyl groups excluding tert-OH is 1. The maximum absolute atomic E-state index is 12.3. The molecule has 0 amide bonds. The first-order valence-electron chi connectivity index (χ1n) is 6.29. The van der Waals surface area contributed by atoms with Crippen molar-refractivity contribution in [1.29, 1.82) is 0 Å². The Morgan fingerprint density at radius 2 is 2.00 bits per heavy atom. The van der Waals surface area contributed by atoms with Crippen LogP contribution in [0.5, 0.6) is 0 Å². The van der Waals surface area contributed by atoms with Crippen LogP contribution < -0.4 is 4.72 Å². The number of pyridine rings is 1. The van der Waals surface area contributed by atoms with Gasteiger partial charge in [-0.1, -0.05) is 20.3 Å². The van der Waals surface area contributed by atoms with E-state index in [-0.39, 0.29) is 17.4 Å². The largest absolute Gasteiger partial charge is 0.433 e. The van der Waals surface area contributed by atoms with Crippen molar-refractivity contribution in [2.45, 2.75) is 37.4 Å². The minimum atomic E-state index is -4.62. The number of aromatic nitrogens is 1. The molecule has 2 atom stereocenters. The lowest BCUT2D eigenvalue weighted by molar-refractivity contribution is -0.141. The molecule has 0 bridgehead atoms. The minimum absolute atomic E-state index is 0.0987. The molecule has 0 spiro atoms. The Balaban J connectivity index is 2.80. The van der Waals surface area contributed by atoms with E-state index in [0.29, 0.717) is 18.7 Å². The number of nitrogens with zero attached hydrogens (tertiary/aromatic N) is 1. The van der Waals surface area contributed by atoms with E-state index in [2.05, 4.69) is 9.71 Å². The van der Waals surface area contributed by atoms with E-state index in [9.17, 15) is 26.7 Å². The minimum Gasteiger partial charge on any atom is -0.391 e. The summed E-state index contributed by atoms with van der Waals surface area (Å²) in [5.41, 5.74) is -1.17. The third kappa shape index (κ3) is 4.94. The highest BCUT2D eigenvalue weighted by Crippen LogP contribution is 2.27. The van der Waals surface area contributed by atoms with E-state index in [0.717, 1.165) is 6.07 Å². The SMILES string of the molecule is CC[C@H](C)[C@@H](O)CNS(=O)(=O)c1ccc(C(F)(F)F)nc1. The lowest BCUT2D eigenvalue weighted by Crippen LogP contribution is -2.35. The van der Waals surface area contributed by atoms with Crippen LogP contribution in [0.2, 0.25) is 0 Å². The molecule has 0 aliphatic carbocycles. The Hall–Kier alpha value is -1.19. The molecule has 1 aromatic heterocycles. The highest BCUT2D eigenvalue weighted by atomic mass is 32.2. The van der Waals surface area contributed by atoms with Crippen molar-refractivity contribution in [3.8, 4) is 0 Å². The van der Waals surface area contributed by atoms with E-state index in [1.807, 2.05) is 6.92 Å². The Morgan fingerprint density at radius 3 is 2.43 bits per heavy atom. The molecule has 120 valence electrons. The molecule has 0 fully saturated rings. The summed E-state index contributed by atoms with van der Waals surface area (Å²) in [7, 11) is -4.00. The molecule has 0 aliphatic heterocycles. The Kier molecular flexibility index (Phi) is 5.71. The lowest BCUT2D eigenvalue weighted by atomic mass is 10.0. The van der Waals surface area contributed by atoms with Crippen molar-refractivity contribution in [3.05, 3.63) is 24.0 Å². The fraction of sp³-hybridized carbons (Fsp3) is 0.583. The van der Waals surface area contributed by atoms with Gasteiger partial charge in [0.05, 0.1) is 6.10 Å². The number of rotatable bonds is 6. The maximum Gasteiger partial charge on any atom is 0.433 e. The first-order chi connectivity index (χ1) is 9.58.